The standard InChI is InChI=1S/C20H26N4O3/c21-15-19(16-22)17-3-5-18(6-4-17)20-23-7-1-9-25-11-13-27-14-12-26-10-2-8-24-20/h3-6,23-24H,1-2,7-14H2. The lowest BCUT2D eigenvalue weighted by Gasteiger charge is -2.15. The fourth-order valence-corrected chi connectivity index (χ4v) is 2.54. The Morgan fingerprint density at radius 3 is 1.70 bits per heavy atom. The fraction of sp³-hybridized carbons (Fsp3) is 0.500. The van der Waals surface area contributed by atoms with E-state index in [1.54, 1.807) is 12.1 Å². The average Bonchev–Trinajstić information content (AvgIpc) is 2.70. The zero-order valence-corrected chi connectivity index (χ0v) is 15.5. The molecule has 0 bridgehead atoms. The molecule has 7 nitrogen and oxygen atoms in total. The van der Waals surface area contributed by atoms with Gasteiger partial charge in [-0.25, -0.2) is 0 Å². The van der Waals surface area contributed by atoms with Crippen LogP contribution in [0.4, 0.5) is 0 Å². The molecule has 1 aliphatic heterocycles. The van der Waals surface area contributed by atoms with Crippen molar-refractivity contribution in [1.29, 1.82) is 10.5 Å². The number of ether oxygens (including phenoxy) is 3. The molecule has 144 valence electrons. The van der Waals surface area contributed by atoms with Gasteiger partial charge < -0.3 is 24.8 Å². The van der Waals surface area contributed by atoms with E-state index in [9.17, 15) is 0 Å². The molecule has 1 fully saturated rings. The van der Waals surface area contributed by atoms with Crippen LogP contribution in [0.5, 0.6) is 0 Å². The Bertz CT molecular complexity index is 722. The maximum Gasteiger partial charge on any atom is 0.136 e. The highest BCUT2D eigenvalue weighted by Crippen LogP contribution is 1.91. The summed E-state index contributed by atoms with van der Waals surface area (Å²) in [6.07, 6.45) is 1.76. The Balaban J connectivity index is 2.10. The topological polar surface area (TPSA) is 99.3 Å². The minimum absolute atomic E-state index is 0.115. The van der Waals surface area contributed by atoms with Gasteiger partial charge in [0, 0.05) is 36.7 Å². The number of hydrogen-bond donors (Lipinski definition) is 2. The number of nitrogens with zero attached hydrogens (tertiary/aromatic N) is 2. The molecule has 7 heteroatoms. The second kappa shape index (κ2) is 12.7. The summed E-state index contributed by atoms with van der Waals surface area (Å²) in [5.74, 6) is 0.924. The largest absolute Gasteiger partial charge is 0.379 e. The van der Waals surface area contributed by atoms with Gasteiger partial charge in [-0.2, -0.15) is 10.5 Å². The van der Waals surface area contributed by atoms with E-state index >= 15 is 0 Å². The molecule has 0 amide bonds. The predicted molar refractivity (Wildman–Crippen MR) is 101 cm³/mol. The predicted octanol–water partition coefficient (Wildman–Crippen LogP) is -0.0270. The van der Waals surface area contributed by atoms with Crippen molar-refractivity contribution in [3.63, 3.8) is 0 Å². The van der Waals surface area contributed by atoms with Gasteiger partial charge in [0.25, 0.3) is 0 Å². The summed E-state index contributed by atoms with van der Waals surface area (Å²) in [4.78, 5) is 0. The molecule has 0 radical (unpaired) electrons. The third-order valence-electron chi connectivity index (χ3n) is 3.96. The average molecular weight is 370 g/mol. The molecule has 1 heterocycles. The van der Waals surface area contributed by atoms with Crippen LogP contribution in [-0.4, -0.2) is 52.7 Å². The third-order valence-corrected chi connectivity index (χ3v) is 3.96. The van der Waals surface area contributed by atoms with Gasteiger partial charge in [0.15, 0.2) is 0 Å². The zero-order valence-electron chi connectivity index (χ0n) is 15.5. The monoisotopic (exact) mass is 370 g/mol. The van der Waals surface area contributed by atoms with Crippen LogP contribution < -0.4 is 21.1 Å². The van der Waals surface area contributed by atoms with Crippen molar-refractivity contribution in [1.82, 2.24) is 10.6 Å². The lowest BCUT2D eigenvalue weighted by molar-refractivity contribution is 0.0138. The second-order valence-electron chi connectivity index (χ2n) is 5.95. The fourth-order valence-electron chi connectivity index (χ4n) is 2.54. The zero-order chi connectivity index (χ0) is 19.2. The Morgan fingerprint density at radius 2 is 1.22 bits per heavy atom. The summed E-state index contributed by atoms with van der Waals surface area (Å²) in [5, 5.41) is 26.4. The molecule has 1 saturated heterocycles. The minimum atomic E-state index is 0.115. The molecule has 1 aromatic rings. The Kier molecular flexibility index (Phi) is 9.77. The van der Waals surface area contributed by atoms with E-state index in [-0.39, 0.29) is 5.57 Å². The summed E-state index contributed by atoms with van der Waals surface area (Å²) in [6, 6.07) is 11.2. The van der Waals surface area contributed by atoms with Crippen molar-refractivity contribution in [2.24, 2.45) is 0 Å². The van der Waals surface area contributed by atoms with Crippen LogP contribution in [0.25, 0.3) is 11.4 Å². The molecule has 0 aromatic heterocycles. The lowest BCUT2D eigenvalue weighted by atomic mass is 10.2. The van der Waals surface area contributed by atoms with Crippen LogP contribution in [0.2, 0.25) is 0 Å². The minimum Gasteiger partial charge on any atom is -0.379 e. The smallest absolute Gasteiger partial charge is 0.136 e. The van der Waals surface area contributed by atoms with E-state index in [0.29, 0.717) is 44.9 Å². The van der Waals surface area contributed by atoms with Gasteiger partial charge in [-0.15, -0.1) is 0 Å². The van der Waals surface area contributed by atoms with Gasteiger partial charge in [-0.1, -0.05) is 24.3 Å². The number of rotatable bonds is 0. The molecular formula is C20H26N4O3. The molecule has 0 aliphatic carbocycles. The normalized spacial score (nSPS) is 17.6. The summed E-state index contributed by atoms with van der Waals surface area (Å²) >= 11 is 0. The first-order chi connectivity index (χ1) is 13.3. The van der Waals surface area contributed by atoms with Gasteiger partial charge >= 0.3 is 0 Å². The molecular weight excluding hydrogens is 344 g/mol. The van der Waals surface area contributed by atoms with Crippen LogP contribution in [0, 0.1) is 22.7 Å². The van der Waals surface area contributed by atoms with E-state index in [0.717, 1.165) is 37.0 Å². The Morgan fingerprint density at radius 1 is 0.741 bits per heavy atom. The van der Waals surface area contributed by atoms with Crippen LogP contribution in [0.3, 0.4) is 0 Å². The summed E-state index contributed by atoms with van der Waals surface area (Å²) < 4.78 is 16.5. The highest BCUT2D eigenvalue weighted by molar-refractivity contribution is 5.72. The lowest BCUT2D eigenvalue weighted by Crippen LogP contribution is -2.33. The third kappa shape index (κ3) is 7.67. The van der Waals surface area contributed by atoms with Crippen molar-refractivity contribution in [3.05, 3.63) is 34.7 Å². The first-order valence-electron chi connectivity index (χ1n) is 9.21. The van der Waals surface area contributed by atoms with E-state index in [1.807, 2.05) is 24.3 Å². The molecule has 0 saturated carbocycles. The summed E-state index contributed by atoms with van der Waals surface area (Å²) in [7, 11) is 0. The molecule has 2 N–H and O–H groups in total. The highest BCUT2D eigenvalue weighted by Gasteiger charge is 2.01. The Labute approximate surface area is 159 Å². The quantitative estimate of drug-likeness (QED) is 0.662. The molecule has 0 atom stereocenters. The van der Waals surface area contributed by atoms with Gasteiger partial charge in [0.1, 0.15) is 23.5 Å². The van der Waals surface area contributed by atoms with Crippen LogP contribution in [0.1, 0.15) is 12.8 Å². The molecule has 2 rings (SSSR count). The Hall–Kier alpha value is -2.58. The van der Waals surface area contributed by atoms with Crippen LogP contribution in [0.15, 0.2) is 24.3 Å². The molecule has 1 aromatic carbocycles. The van der Waals surface area contributed by atoms with Gasteiger partial charge in [0.2, 0.25) is 0 Å². The van der Waals surface area contributed by atoms with E-state index in [2.05, 4.69) is 10.6 Å². The molecule has 1 aliphatic rings. The second-order valence-corrected chi connectivity index (χ2v) is 5.95. The van der Waals surface area contributed by atoms with Crippen molar-refractivity contribution >= 4 is 11.4 Å². The van der Waals surface area contributed by atoms with E-state index < -0.39 is 0 Å². The van der Waals surface area contributed by atoms with Crippen molar-refractivity contribution in [2.75, 3.05) is 52.7 Å². The number of nitriles is 2. The summed E-state index contributed by atoms with van der Waals surface area (Å²) in [6.45, 7) is 5.24. The summed E-state index contributed by atoms with van der Waals surface area (Å²) in [5.41, 5.74) is 0.115. The van der Waals surface area contributed by atoms with E-state index in [1.165, 1.54) is 0 Å². The first-order valence-corrected chi connectivity index (χ1v) is 9.21. The number of benzene rings is 1. The maximum atomic E-state index is 8.98. The SMILES string of the molecule is N#CC(C#N)=c1ccc(=C2NCCCOCCOCCOCCCN2)cc1. The van der Waals surface area contributed by atoms with Crippen molar-refractivity contribution < 1.29 is 14.2 Å². The van der Waals surface area contributed by atoms with E-state index in [4.69, 9.17) is 24.7 Å². The van der Waals surface area contributed by atoms with Gasteiger partial charge in [-0.05, 0) is 12.8 Å². The van der Waals surface area contributed by atoms with Gasteiger partial charge in [-0.3, -0.25) is 0 Å². The number of nitrogens with one attached hydrogen (secondary N) is 2. The highest BCUT2D eigenvalue weighted by atomic mass is 16.5. The van der Waals surface area contributed by atoms with Crippen molar-refractivity contribution in [2.45, 2.75) is 12.8 Å². The number of hydrogen-bond acceptors (Lipinski definition) is 7. The van der Waals surface area contributed by atoms with Crippen molar-refractivity contribution in [3.8, 4) is 12.1 Å². The molecule has 27 heavy (non-hydrogen) atoms. The van der Waals surface area contributed by atoms with Crippen LogP contribution in [-0.2, 0) is 14.2 Å². The molecule has 0 unspecified atom stereocenters. The first kappa shape index (κ1) is 20.7. The van der Waals surface area contributed by atoms with Crippen LogP contribution >= 0.6 is 0 Å². The molecule has 0 spiro atoms. The van der Waals surface area contributed by atoms with Gasteiger partial charge in [0.05, 0.1) is 26.4 Å². The maximum absolute atomic E-state index is 8.98.